The number of anilines is 4. The average molecular weight is 637 g/mol. The summed E-state index contributed by atoms with van der Waals surface area (Å²) in [4.78, 5) is 9.64. The molecule has 0 spiro atoms. The number of aryl methyl sites for hydroxylation is 2. The van der Waals surface area contributed by atoms with E-state index >= 15 is 0 Å². The molecule has 0 aliphatic rings. The third kappa shape index (κ3) is 6.30. The third-order valence-electron chi connectivity index (χ3n) is 7.55. The van der Waals surface area contributed by atoms with Crippen LogP contribution in [0.5, 0.6) is 0 Å². The lowest BCUT2D eigenvalue weighted by molar-refractivity contribution is 0.559. The lowest BCUT2D eigenvalue weighted by Gasteiger charge is -2.16. The highest BCUT2D eigenvalue weighted by molar-refractivity contribution is 7.20. The first-order valence-corrected chi connectivity index (χ1v) is 15.8. The van der Waals surface area contributed by atoms with Crippen molar-refractivity contribution in [1.82, 2.24) is 19.7 Å². The Morgan fingerprint density at radius 1 is 0.745 bits per heavy atom. The maximum absolute atomic E-state index is 10.4. The van der Waals surface area contributed by atoms with Crippen molar-refractivity contribution in [2.45, 2.75) is 47.0 Å². The highest BCUT2D eigenvalue weighted by Gasteiger charge is 2.29. The van der Waals surface area contributed by atoms with Gasteiger partial charge in [0.2, 0.25) is 5.13 Å². The molecule has 10 nitrogen and oxygen atoms in total. The van der Waals surface area contributed by atoms with Crippen LogP contribution in [0, 0.1) is 43.4 Å². The van der Waals surface area contributed by atoms with Gasteiger partial charge in [0.1, 0.15) is 23.4 Å². The molecule has 47 heavy (non-hydrogen) atoms. The molecule has 0 radical (unpaired) electrons. The van der Waals surface area contributed by atoms with Gasteiger partial charge in [-0.3, -0.25) is 0 Å². The molecule has 0 amide bonds. The number of pyridine rings is 1. The van der Waals surface area contributed by atoms with Crippen LogP contribution in [0.1, 0.15) is 54.3 Å². The SMILES string of the molecule is Cc1ccc(Nc2nc(Nc3ccc(C)cc3)c(N=Nc3c(C#N)c(C(C)(C)C)nn3-c3nc4ccccc4s3)c(C)c2C#N)cc1. The van der Waals surface area contributed by atoms with Gasteiger partial charge in [-0.05, 0) is 57.2 Å². The fourth-order valence-electron chi connectivity index (χ4n) is 4.99. The van der Waals surface area contributed by atoms with E-state index in [1.165, 1.54) is 11.3 Å². The molecule has 3 aromatic carbocycles. The summed E-state index contributed by atoms with van der Waals surface area (Å²) in [5.41, 5.74) is 6.31. The van der Waals surface area contributed by atoms with Crippen molar-refractivity contribution in [3.8, 4) is 17.3 Å². The van der Waals surface area contributed by atoms with Crippen LogP contribution in [0.25, 0.3) is 15.3 Å². The molecule has 0 saturated carbocycles. The van der Waals surface area contributed by atoms with Crippen LogP contribution < -0.4 is 10.6 Å². The normalized spacial score (nSPS) is 11.5. The van der Waals surface area contributed by atoms with Gasteiger partial charge in [0.05, 0.1) is 21.5 Å². The first-order chi connectivity index (χ1) is 22.5. The minimum atomic E-state index is -0.454. The second-order valence-electron chi connectivity index (χ2n) is 12.2. The molecule has 0 bridgehead atoms. The molecule has 0 atom stereocenters. The first-order valence-electron chi connectivity index (χ1n) is 15.0. The standard InChI is InChI=1S/C36H32N10S/c1-21-11-15-24(16-12-21)39-32-26(19-37)23(3)30(33(42-32)40-25-17-13-22(2)14-18-25)43-44-34-27(20-38)31(36(4,5)6)45-46(34)35-41-28-9-7-8-10-29(28)47-35/h7-18H,1-6H3,(H2,39,40,42). The third-order valence-corrected chi connectivity index (χ3v) is 8.56. The van der Waals surface area contributed by atoms with Crippen molar-refractivity contribution in [1.29, 1.82) is 10.5 Å². The molecule has 232 valence electrons. The number of nitrogens with one attached hydrogen (secondary N) is 2. The number of fused-ring (bicyclic) bond motifs is 1. The van der Waals surface area contributed by atoms with E-state index in [1.807, 2.05) is 114 Å². The van der Waals surface area contributed by atoms with Gasteiger partial charge in [0.25, 0.3) is 0 Å². The molecule has 0 aliphatic heterocycles. The molecule has 6 aromatic rings. The van der Waals surface area contributed by atoms with Crippen LogP contribution >= 0.6 is 11.3 Å². The summed E-state index contributed by atoms with van der Waals surface area (Å²) in [7, 11) is 0. The molecule has 11 heteroatoms. The van der Waals surface area contributed by atoms with Crippen molar-refractivity contribution in [3.05, 3.63) is 106 Å². The number of nitrogens with zero attached hydrogens (tertiary/aromatic N) is 8. The maximum atomic E-state index is 10.4. The molecule has 0 aliphatic carbocycles. The number of benzene rings is 3. The summed E-state index contributed by atoms with van der Waals surface area (Å²) >= 11 is 1.45. The average Bonchev–Trinajstić information content (AvgIpc) is 3.65. The van der Waals surface area contributed by atoms with E-state index in [4.69, 9.17) is 15.1 Å². The van der Waals surface area contributed by atoms with E-state index in [-0.39, 0.29) is 5.82 Å². The number of hydrogen-bond donors (Lipinski definition) is 2. The summed E-state index contributed by atoms with van der Waals surface area (Å²) in [5, 5.41) is 42.1. The van der Waals surface area contributed by atoms with Crippen LogP contribution in [-0.4, -0.2) is 19.7 Å². The topological polar surface area (TPSA) is 140 Å². The second kappa shape index (κ2) is 12.5. The van der Waals surface area contributed by atoms with Gasteiger partial charge in [-0.2, -0.15) is 20.3 Å². The lowest BCUT2D eigenvalue weighted by atomic mass is 9.90. The summed E-state index contributed by atoms with van der Waals surface area (Å²) in [6.45, 7) is 11.8. The molecule has 0 fully saturated rings. The van der Waals surface area contributed by atoms with Crippen LogP contribution in [-0.2, 0) is 5.41 Å². The quantitative estimate of drug-likeness (QED) is 0.166. The van der Waals surface area contributed by atoms with Gasteiger partial charge < -0.3 is 10.6 Å². The number of thiazole rings is 1. The molecule has 6 rings (SSSR count). The van der Waals surface area contributed by atoms with Gasteiger partial charge in [0.15, 0.2) is 17.5 Å². The fourth-order valence-corrected chi connectivity index (χ4v) is 5.91. The highest BCUT2D eigenvalue weighted by atomic mass is 32.1. The Morgan fingerprint density at radius 2 is 1.34 bits per heavy atom. The largest absolute Gasteiger partial charge is 0.339 e. The maximum Gasteiger partial charge on any atom is 0.213 e. The Labute approximate surface area is 277 Å². The lowest BCUT2D eigenvalue weighted by Crippen LogP contribution is -2.14. The molecular weight excluding hydrogens is 605 g/mol. The van der Waals surface area contributed by atoms with E-state index in [0.29, 0.717) is 44.8 Å². The van der Waals surface area contributed by atoms with E-state index in [2.05, 4.69) is 33.0 Å². The number of rotatable bonds is 7. The number of nitriles is 2. The summed E-state index contributed by atoms with van der Waals surface area (Å²) in [6.07, 6.45) is 0. The highest BCUT2D eigenvalue weighted by Crippen LogP contribution is 2.40. The summed E-state index contributed by atoms with van der Waals surface area (Å²) < 4.78 is 2.57. The van der Waals surface area contributed by atoms with Crippen molar-refractivity contribution in [3.63, 3.8) is 0 Å². The van der Waals surface area contributed by atoms with Crippen LogP contribution in [0.2, 0.25) is 0 Å². The molecule has 3 heterocycles. The number of azo groups is 1. The number of aromatic nitrogens is 4. The minimum Gasteiger partial charge on any atom is -0.339 e. The monoisotopic (exact) mass is 636 g/mol. The van der Waals surface area contributed by atoms with Gasteiger partial charge >= 0.3 is 0 Å². The fraction of sp³-hybridized carbons (Fsp3) is 0.194. The molecule has 2 N–H and O–H groups in total. The predicted octanol–water partition coefficient (Wildman–Crippen LogP) is 9.75. The summed E-state index contributed by atoms with van der Waals surface area (Å²) in [6, 6.07) is 28.2. The number of hydrogen-bond acceptors (Lipinski definition) is 10. The molecule has 0 saturated heterocycles. The van der Waals surface area contributed by atoms with Crippen LogP contribution in [0.4, 0.5) is 34.5 Å². The second-order valence-corrected chi connectivity index (χ2v) is 13.2. The van der Waals surface area contributed by atoms with Gasteiger partial charge in [-0.15, -0.1) is 10.2 Å². The minimum absolute atomic E-state index is 0.248. The number of para-hydroxylation sites is 1. The Bertz CT molecular complexity index is 2190. The predicted molar refractivity (Wildman–Crippen MR) is 187 cm³/mol. The van der Waals surface area contributed by atoms with Crippen molar-refractivity contribution >= 4 is 56.1 Å². The summed E-state index contributed by atoms with van der Waals surface area (Å²) in [5.74, 6) is 1.02. The Kier molecular flexibility index (Phi) is 8.25. The van der Waals surface area contributed by atoms with Crippen molar-refractivity contribution in [2.75, 3.05) is 10.6 Å². The first kappa shape index (κ1) is 31.1. The molecule has 3 aromatic heterocycles. The smallest absolute Gasteiger partial charge is 0.213 e. The van der Waals surface area contributed by atoms with Crippen molar-refractivity contribution < 1.29 is 0 Å². The zero-order valence-corrected chi connectivity index (χ0v) is 27.7. The van der Waals surface area contributed by atoms with Gasteiger partial charge in [-0.1, -0.05) is 79.6 Å². The van der Waals surface area contributed by atoms with Gasteiger partial charge in [0, 0.05) is 22.4 Å². The van der Waals surface area contributed by atoms with Crippen LogP contribution in [0.15, 0.2) is 83.0 Å². The van der Waals surface area contributed by atoms with E-state index in [9.17, 15) is 10.5 Å². The zero-order chi connectivity index (χ0) is 33.3. The van der Waals surface area contributed by atoms with E-state index in [1.54, 1.807) is 4.68 Å². The zero-order valence-electron chi connectivity index (χ0n) is 26.9. The van der Waals surface area contributed by atoms with Gasteiger partial charge in [-0.25, -0.2) is 9.97 Å². The Balaban J connectivity index is 1.53. The van der Waals surface area contributed by atoms with Crippen molar-refractivity contribution in [2.24, 2.45) is 10.2 Å². The Morgan fingerprint density at radius 3 is 1.91 bits per heavy atom. The van der Waals surface area contributed by atoms with Crippen LogP contribution in [0.3, 0.4) is 0 Å². The molecular formula is C36H32N10S. The van der Waals surface area contributed by atoms with E-state index in [0.717, 1.165) is 32.7 Å². The Hall–Kier alpha value is -5.91. The van der Waals surface area contributed by atoms with E-state index < -0.39 is 5.41 Å². The molecule has 0 unspecified atom stereocenters.